The van der Waals surface area contributed by atoms with Crippen LogP contribution < -0.4 is 10.2 Å². The molecule has 0 bridgehead atoms. The normalized spacial score (nSPS) is 24.5. The van der Waals surface area contributed by atoms with E-state index < -0.39 is 5.41 Å². The molecule has 4 rings (SSSR count). The number of rotatable bonds is 3. The first-order valence-corrected chi connectivity index (χ1v) is 8.39. The highest BCUT2D eigenvalue weighted by Crippen LogP contribution is 2.44. The predicted octanol–water partition coefficient (Wildman–Crippen LogP) is 2.79. The summed E-state index contributed by atoms with van der Waals surface area (Å²) in [6, 6.07) is 6.12. The smallest absolute Gasteiger partial charge is 0.238 e. The van der Waals surface area contributed by atoms with Crippen molar-refractivity contribution in [2.24, 2.45) is 0 Å². The lowest BCUT2D eigenvalue weighted by Crippen LogP contribution is -2.53. The quantitative estimate of drug-likeness (QED) is 0.868. The number of hydrogen-bond acceptors (Lipinski definition) is 5. The SMILES string of the molecule is CC1(C)C(=O)N(C2CC(Nc3ccnc(Cl)n3)C2)c2ncccc21. The molecule has 1 amide bonds. The van der Waals surface area contributed by atoms with Gasteiger partial charge in [-0.2, -0.15) is 0 Å². The Morgan fingerprint density at radius 2 is 2.04 bits per heavy atom. The maximum Gasteiger partial charge on any atom is 0.238 e. The number of nitrogens with one attached hydrogen (secondary N) is 1. The van der Waals surface area contributed by atoms with E-state index in [2.05, 4.69) is 20.3 Å². The lowest BCUT2D eigenvalue weighted by molar-refractivity contribution is -0.122. The third-order valence-electron chi connectivity index (χ3n) is 4.90. The number of halogens is 1. The number of carbonyl (C=O) groups excluding carboxylic acids is 1. The average Bonchev–Trinajstić information content (AvgIpc) is 2.71. The Morgan fingerprint density at radius 3 is 2.79 bits per heavy atom. The lowest BCUT2D eigenvalue weighted by Gasteiger charge is -2.41. The van der Waals surface area contributed by atoms with E-state index in [4.69, 9.17) is 11.6 Å². The van der Waals surface area contributed by atoms with Gasteiger partial charge >= 0.3 is 0 Å². The van der Waals surface area contributed by atoms with Gasteiger partial charge in [0.1, 0.15) is 11.6 Å². The van der Waals surface area contributed by atoms with E-state index in [0.29, 0.717) is 5.82 Å². The molecule has 3 heterocycles. The van der Waals surface area contributed by atoms with E-state index in [1.54, 1.807) is 18.5 Å². The zero-order valence-electron chi connectivity index (χ0n) is 13.5. The molecule has 0 aromatic carbocycles. The van der Waals surface area contributed by atoms with E-state index in [1.165, 1.54) is 0 Å². The van der Waals surface area contributed by atoms with Crippen molar-refractivity contribution in [3.05, 3.63) is 41.4 Å². The minimum atomic E-state index is -0.512. The van der Waals surface area contributed by atoms with Crippen molar-refractivity contribution < 1.29 is 4.79 Å². The molecule has 0 unspecified atom stereocenters. The van der Waals surface area contributed by atoms with Crippen LogP contribution in [0.2, 0.25) is 5.28 Å². The zero-order valence-corrected chi connectivity index (χ0v) is 14.3. The fourth-order valence-electron chi connectivity index (χ4n) is 3.47. The highest BCUT2D eigenvalue weighted by Gasteiger charge is 2.50. The molecular formula is C17H18ClN5O. The van der Waals surface area contributed by atoms with E-state index in [0.717, 1.165) is 24.2 Å². The number of aromatic nitrogens is 3. The molecule has 7 heteroatoms. The summed E-state index contributed by atoms with van der Waals surface area (Å²) in [5.74, 6) is 1.65. The number of anilines is 2. The highest BCUT2D eigenvalue weighted by atomic mass is 35.5. The number of pyridine rings is 1. The first-order valence-electron chi connectivity index (χ1n) is 8.01. The summed E-state index contributed by atoms with van der Waals surface area (Å²) in [4.78, 5) is 27.2. The Hall–Kier alpha value is -2.21. The molecule has 1 N–H and O–H groups in total. The van der Waals surface area contributed by atoms with Crippen LogP contribution in [0.25, 0.3) is 0 Å². The van der Waals surface area contributed by atoms with Gasteiger partial charge in [0.15, 0.2) is 0 Å². The molecule has 0 radical (unpaired) electrons. The van der Waals surface area contributed by atoms with E-state index in [-0.39, 0.29) is 23.3 Å². The first-order chi connectivity index (χ1) is 11.5. The van der Waals surface area contributed by atoms with Crippen molar-refractivity contribution in [3.8, 4) is 0 Å². The average molecular weight is 344 g/mol. The Kier molecular flexibility index (Phi) is 3.46. The molecule has 1 aliphatic carbocycles. The van der Waals surface area contributed by atoms with Crippen LogP contribution in [0.15, 0.2) is 30.6 Å². The van der Waals surface area contributed by atoms with Crippen molar-refractivity contribution >= 4 is 29.1 Å². The molecule has 1 fully saturated rings. The van der Waals surface area contributed by atoms with Crippen LogP contribution in [0, 0.1) is 0 Å². The third kappa shape index (κ3) is 2.33. The largest absolute Gasteiger partial charge is 0.367 e. The molecule has 24 heavy (non-hydrogen) atoms. The topological polar surface area (TPSA) is 71.0 Å². The molecule has 0 atom stereocenters. The zero-order chi connectivity index (χ0) is 16.9. The minimum absolute atomic E-state index is 0.129. The maximum absolute atomic E-state index is 12.9. The molecule has 1 aliphatic heterocycles. The Bertz CT molecular complexity index is 803. The number of amides is 1. The molecule has 0 spiro atoms. The summed E-state index contributed by atoms with van der Waals surface area (Å²) in [6.07, 6.45) is 5.09. The van der Waals surface area contributed by atoms with Gasteiger partial charge in [-0.05, 0) is 50.4 Å². The van der Waals surface area contributed by atoms with Crippen LogP contribution in [0.1, 0.15) is 32.3 Å². The maximum atomic E-state index is 12.9. The van der Waals surface area contributed by atoms with E-state index in [1.807, 2.05) is 30.9 Å². The van der Waals surface area contributed by atoms with Gasteiger partial charge in [0, 0.05) is 30.0 Å². The van der Waals surface area contributed by atoms with Gasteiger partial charge in [0.05, 0.1) is 5.41 Å². The number of nitrogens with zero attached hydrogens (tertiary/aromatic N) is 4. The third-order valence-corrected chi connectivity index (χ3v) is 5.08. The van der Waals surface area contributed by atoms with Crippen LogP contribution in [0.3, 0.4) is 0 Å². The van der Waals surface area contributed by atoms with Crippen LogP contribution in [-0.2, 0) is 10.2 Å². The number of fused-ring (bicyclic) bond motifs is 1. The van der Waals surface area contributed by atoms with Crippen molar-refractivity contribution in [1.29, 1.82) is 0 Å². The summed E-state index contributed by atoms with van der Waals surface area (Å²) < 4.78 is 0. The Morgan fingerprint density at radius 1 is 1.25 bits per heavy atom. The van der Waals surface area contributed by atoms with Crippen LogP contribution in [0.4, 0.5) is 11.6 Å². The summed E-state index contributed by atoms with van der Waals surface area (Å²) in [7, 11) is 0. The minimum Gasteiger partial charge on any atom is -0.367 e. The van der Waals surface area contributed by atoms with Crippen LogP contribution in [-0.4, -0.2) is 32.9 Å². The van der Waals surface area contributed by atoms with Gasteiger partial charge in [-0.1, -0.05) is 6.07 Å². The molecule has 2 aromatic heterocycles. The Balaban J connectivity index is 1.48. The molecule has 6 nitrogen and oxygen atoms in total. The molecule has 2 aromatic rings. The van der Waals surface area contributed by atoms with Crippen LogP contribution in [0.5, 0.6) is 0 Å². The lowest BCUT2D eigenvalue weighted by atomic mass is 9.84. The molecule has 1 saturated carbocycles. The monoisotopic (exact) mass is 343 g/mol. The molecule has 0 saturated heterocycles. The standard InChI is InChI=1S/C17H18ClN5O/c1-17(2)12-4-3-6-19-14(12)23(15(17)24)11-8-10(9-11)21-13-5-7-20-16(18)22-13/h3-7,10-11H,8-9H2,1-2H3,(H,20,21,22). The fourth-order valence-corrected chi connectivity index (χ4v) is 3.62. The summed E-state index contributed by atoms with van der Waals surface area (Å²) in [5.41, 5.74) is 0.497. The van der Waals surface area contributed by atoms with Gasteiger partial charge in [-0.15, -0.1) is 0 Å². The van der Waals surface area contributed by atoms with E-state index >= 15 is 0 Å². The highest BCUT2D eigenvalue weighted by molar-refractivity contribution is 6.28. The van der Waals surface area contributed by atoms with Crippen molar-refractivity contribution in [2.75, 3.05) is 10.2 Å². The van der Waals surface area contributed by atoms with Crippen LogP contribution >= 0.6 is 11.6 Å². The van der Waals surface area contributed by atoms with Crippen molar-refractivity contribution in [1.82, 2.24) is 15.0 Å². The first kappa shape index (κ1) is 15.3. The summed E-state index contributed by atoms with van der Waals surface area (Å²) in [6.45, 7) is 3.93. The molecule has 124 valence electrons. The van der Waals surface area contributed by atoms with Gasteiger partial charge in [0.25, 0.3) is 0 Å². The second kappa shape index (κ2) is 5.41. The van der Waals surface area contributed by atoms with Gasteiger partial charge in [-0.3, -0.25) is 9.69 Å². The summed E-state index contributed by atoms with van der Waals surface area (Å²) >= 11 is 5.81. The number of hydrogen-bond donors (Lipinski definition) is 1. The molecule has 2 aliphatic rings. The number of carbonyl (C=O) groups is 1. The van der Waals surface area contributed by atoms with Gasteiger partial charge < -0.3 is 5.32 Å². The fraction of sp³-hybridized carbons (Fsp3) is 0.412. The summed E-state index contributed by atoms with van der Waals surface area (Å²) in [5, 5.41) is 3.57. The van der Waals surface area contributed by atoms with Gasteiger partial charge in [-0.25, -0.2) is 15.0 Å². The van der Waals surface area contributed by atoms with E-state index in [9.17, 15) is 4.79 Å². The second-order valence-electron chi connectivity index (χ2n) is 6.85. The molecular weight excluding hydrogens is 326 g/mol. The second-order valence-corrected chi connectivity index (χ2v) is 7.19. The van der Waals surface area contributed by atoms with Gasteiger partial charge in [0.2, 0.25) is 11.2 Å². The van der Waals surface area contributed by atoms with Crippen molar-refractivity contribution in [2.45, 2.75) is 44.2 Å². The Labute approximate surface area is 145 Å². The predicted molar refractivity (Wildman–Crippen MR) is 92.2 cm³/mol. The van der Waals surface area contributed by atoms with Crippen molar-refractivity contribution in [3.63, 3.8) is 0 Å².